The first-order valence-corrected chi connectivity index (χ1v) is 23.7. The Morgan fingerprint density at radius 2 is 1.52 bits per heavy atom. The molecule has 0 saturated carbocycles. The number of esters is 1. The molecule has 1 aromatic carbocycles. The third kappa shape index (κ3) is 16.3. The number of likely N-dealkylation sites (N-methyl/N-ethyl adjacent to an activating group) is 3. The lowest BCUT2D eigenvalue weighted by Crippen LogP contribution is -2.54. The van der Waals surface area contributed by atoms with Crippen LogP contribution in [-0.2, 0) is 54.1 Å². The van der Waals surface area contributed by atoms with E-state index in [1.54, 1.807) is 38.0 Å². The van der Waals surface area contributed by atoms with Crippen molar-refractivity contribution in [3.63, 3.8) is 0 Å². The number of amides is 2. The fraction of sp³-hybridized carbons (Fsp3) is 0.760. The highest BCUT2D eigenvalue weighted by molar-refractivity contribution is 5.90. The van der Waals surface area contributed by atoms with E-state index in [9.17, 15) is 28.8 Å². The van der Waals surface area contributed by atoms with Crippen LogP contribution in [0.4, 0.5) is 0 Å². The molecule has 14 nitrogen and oxygen atoms in total. The number of likely N-dealkylation sites (tertiary alicyclic amines) is 1. The van der Waals surface area contributed by atoms with Gasteiger partial charge in [-0.05, 0) is 70.0 Å². The number of benzene rings is 1. The number of methoxy groups -OCH3 is 2. The third-order valence-electron chi connectivity index (χ3n) is 13.6. The predicted octanol–water partition coefficient (Wildman–Crippen LogP) is 6.32. The molecule has 14 heteroatoms. The van der Waals surface area contributed by atoms with E-state index < -0.39 is 48.0 Å². The highest BCUT2D eigenvalue weighted by atomic mass is 16.5. The minimum absolute atomic E-state index is 0.0139. The monoisotopic (exact) mass is 901 g/mol. The standard InChI is InChI=1S/C50H84N4O10/c1-15-36(9)47(52(12)49(59)40(33(3)4)29-43(57)46(34(5)6)51(11)35(7)8)44(61-13)30-45(58)54-24-20-23-41(54)48(62-14)37(10)42(56)28-39(27-38-21-18-17-19-22-38)50(60)64-26-25-53(16-2)31-63-32-55/h17-19,21-22,32-37,39-41,44,46-48H,15-16,20,23-31H2,1-14H3/t36-,37-,39+,40-,41-,44+,46-,47?,48+/m0/s1. The molecular formula is C50H84N4O10. The average molecular weight is 901 g/mol. The van der Waals surface area contributed by atoms with Gasteiger partial charge in [-0.3, -0.25) is 38.6 Å². The van der Waals surface area contributed by atoms with Crippen LogP contribution in [0.25, 0.3) is 0 Å². The molecule has 2 rings (SSSR count). The van der Waals surface area contributed by atoms with E-state index in [2.05, 4.69) is 32.6 Å². The smallest absolute Gasteiger partial charge is 0.309 e. The molecule has 1 aromatic rings. The van der Waals surface area contributed by atoms with Crippen molar-refractivity contribution in [2.45, 2.75) is 151 Å². The maximum absolute atomic E-state index is 14.5. The van der Waals surface area contributed by atoms with Gasteiger partial charge in [0.25, 0.3) is 6.47 Å². The van der Waals surface area contributed by atoms with Gasteiger partial charge >= 0.3 is 5.97 Å². The fourth-order valence-electron chi connectivity index (χ4n) is 9.35. The van der Waals surface area contributed by atoms with E-state index in [0.29, 0.717) is 38.9 Å². The van der Waals surface area contributed by atoms with Crippen LogP contribution in [0.3, 0.4) is 0 Å². The van der Waals surface area contributed by atoms with Crippen molar-refractivity contribution in [1.82, 2.24) is 19.6 Å². The van der Waals surface area contributed by atoms with Gasteiger partial charge in [0.1, 0.15) is 19.1 Å². The van der Waals surface area contributed by atoms with Gasteiger partial charge in [-0.25, -0.2) is 0 Å². The highest BCUT2D eigenvalue weighted by Gasteiger charge is 2.44. The van der Waals surface area contributed by atoms with Crippen molar-refractivity contribution in [2.24, 2.45) is 35.5 Å². The van der Waals surface area contributed by atoms with Crippen molar-refractivity contribution < 1.29 is 47.7 Å². The molecule has 0 N–H and O–H groups in total. The maximum Gasteiger partial charge on any atom is 0.309 e. The number of hydrogen-bond donors (Lipinski definition) is 0. The molecular weight excluding hydrogens is 817 g/mol. The van der Waals surface area contributed by atoms with E-state index in [1.807, 2.05) is 76.9 Å². The second-order valence-corrected chi connectivity index (χ2v) is 18.9. The van der Waals surface area contributed by atoms with Crippen LogP contribution < -0.4 is 0 Å². The van der Waals surface area contributed by atoms with Crippen molar-refractivity contribution in [2.75, 3.05) is 61.3 Å². The normalized spacial score (nSPS) is 18.1. The number of carbonyl (C=O) groups excluding carboxylic acids is 6. The van der Waals surface area contributed by atoms with Gasteiger partial charge in [-0.1, -0.05) is 92.1 Å². The summed E-state index contributed by atoms with van der Waals surface area (Å²) in [6.45, 7) is 22.0. The second-order valence-electron chi connectivity index (χ2n) is 18.9. The number of Topliss-reactive ketones (excluding diaryl/α,β-unsaturated/α-hetero) is 2. The van der Waals surface area contributed by atoms with Crippen molar-refractivity contribution in [3.8, 4) is 0 Å². The van der Waals surface area contributed by atoms with Gasteiger partial charge in [0, 0.05) is 65.1 Å². The zero-order valence-electron chi connectivity index (χ0n) is 41.7. The molecule has 0 radical (unpaired) electrons. The summed E-state index contributed by atoms with van der Waals surface area (Å²) in [6, 6.07) is 8.51. The molecule has 1 heterocycles. The first-order chi connectivity index (χ1) is 30.3. The van der Waals surface area contributed by atoms with E-state index in [-0.39, 0.29) is 85.8 Å². The van der Waals surface area contributed by atoms with E-state index in [1.165, 1.54) is 0 Å². The van der Waals surface area contributed by atoms with E-state index >= 15 is 0 Å². The van der Waals surface area contributed by atoms with Gasteiger partial charge < -0.3 is 28.7 Å². The fourth-order valence-corrected chi connectivity index (χ4v) is 9.35. The number of hydrogen-bond acceptors (Lipinski definition) is 12. The van der Waals surface area contributed by atoms with Crippen LogP contribution in [0.1, 0.15) is 113 Å². The molecule has 364 valence electrons. The van der Waals surface area contributed by atoms with Gasteiger partial charge in [0.05, 0.1) is 42.7 Å². The highest BCUT2D eigenvalue weighted by Crippen LogP contribution is 2.32. The minimum atomic E-state index is -0.747. The van der Waals surface area contributed by atoms with Gasteiger partial charge in [0.2, 0.25) is 11.8 Å². The maximum atomic E-state index is 14.5. The summed E-state index contributed by atoms with van der Waals surface area (Å²) in [7, 11) is 6.86. The molecule has 0 bridgehead atoms. The Morgan fingerprint density at radius 1 is 0.859 bits per heavy atom. The molecule has 9 atom stereocenters. The Balaban J connectivity index is 2.30. The lowest BCUT2D eigenvalue weighted by molar-refractivity contribution is -0.152. The summed E-state index contributed by atoms with van der Waals surface area (Å²) >= 11 is 0. The zero-order valence-corrected chi connectivity index (χ0v) is 41.7. The number of nitrogens with zero attached hydrogens (tertiary/aromatic N) is 4. The number of ether oxygens (including phenoxy) is 4. The summed E-state index contributed by atoms with van der Waals surface area (Å²) in [5.41, 5.74) is 0.897. The largest absolute Gasteiger partial charge is 0.464 e. The summed E-state index contributed by atoms with van der Waals surface area (Å²) in [4.78, 5) is 88.7. The molecule has 1 fully saturated rings. The lowest BCUT2D eigenvalue weighted by Gasteiger charge is -2.41. The molecule has 1 aliphatic rings. The summed E-state index contributed by atoms with van der Waals surface area (Å²) in [6.07, 6.45) is 1.21. The van der Waals surface area contributed by atoms with Crippen LogP contribution >= 0.6 is 0 Å². The third-order valence-corrected chi connectivity index (χ3v) is 13.6. The molecule has 1 aliphatic heterocycles. The number of ketones is 2. The van der Waals surface area contributed by atoms with Crippen LogP contribution in [0.15, 0.2) is 30.3 Å². The summed E-state index contributed by atoms with van der Waals surface area (Å²) in [5, 5.41) is 0. The average Bonchev–Trinajstić information content (AvgIpc) is 3.75. The van der Waals surface area contributed by atoms with E-state index in [0.717, 1.165) is 18.4 Å². The minimum Gasteiger partial charge on any atom is -0.464 e. The first kappa shape index (κ1) is 56.4. The summed E-state index contributed by atoms with van der Waals surface area (Å²) < 4.78 is 22.7. The Morgan fingerprint density at radius 3 is 2.05 bits per heavy atom. The second kappa shape index (κ2) is 28.3. The van der Waals surface area contributed by atoms with E-state index in [4.69, 9.17) is 18.9 Å². The van der Waals surface area contributed by atoms with Crippen molar-refractivity contribution in [3.05, 3.63) is 35.9 Å². The molecule has 0 aromatic heterocycles. The van der Waals surface area contributed by atoms with Gasteiger partial charge in [0.15, 0.2) is 5.78 Å². The van der Waals surface area contributed by atoms with Crippen LogP contribution in [0.2, 0.25) is 0 Å². The van der Waals surface area contributed by atoms with Gasteiger partial charge in [-0.2, -0.15) is 0 Å². The topological polar surface area (TPSA) is 152 Å². The molecule has 2 amide bonds. The molecule has 1 unspecified atom stereocenters. The van der Waals surface area contributed by atoms with Gasteiger partial charge in [-0.15, -0.1) is 0 Å². The SMILES string of the molecule is CC[C@H](C)C([C@@H](CC(=O)N1CCC[C@H]1[C@H](OC)[C@@H](C)C(=O)C[C@@H](Cc1ccccc1)C(=O)OCCN(CC)COC=O)OC)N(C)C(=O)[C@@H](CC(=O)[C@H](C(C)C)N(C)C(C)C)C(C)C. The Kier molecular flexibility index (Phi) is 25.0. The predicted molar refractivity (Wildman–Crippen MR) is 249 cm³/mol. The molecule has 0 spiro atoms. The van der Waals surface area contributed by atoms with Crippen LogP contribution in [-0.4, -0.2) is 153 Å². The zero-order chi connectivity index (χ0) is 48.3. The first-order valence-electron chi connectivity index (χ1n) is 23.7. The van der Waals surface area contributed by atoms with Crippen LogP contribution in [0, 0.1) is 35.5 Å². The summed E-state index contributed by atoms with van der Waals surface area (Å²) in [5.74, 6) is -2.86. The Hall–Kier alpha value is -3.72. The Bertz CT molecular complexity index is 1590. The van der Waals surface area contributed by atoms with Crippen molar-refractivity contribution in [1.29, 1.82) is 0 Å². The van der Waals surface area contributed by atoms with Crippen LogP contribution in [0.5, 0.6) is 0 Å². The Labute approximate surface area is 385 Å². The number of carbonyl (C=O) groups is 6. The molecule has 64 heavy (non-hydrogen) atoms. The van der Waals surface area contributed by atoms with Crippen molar-refractivity contribution >= 4 is 35.8 Å². The molecule has 0 aliphatic carbocycles. The number of rotatable bonds is 31. The quantitative estimate of drug-likeness (QED) is 0.0466. The molecule has 1 saturated heterocycles. The lowest BCUT2D eigenvalue weighted by atomic mass is 9.83.